The molecule has 1 aromatic rings. The van der Waals surface area contributed by atoms with E-state index in [0.29, 0.717) is 0 Å². The lowest BCUT2D eigenvalue weighted by atomic mass is 9.97. The molecular formula is C11H12N2O. The van der Waals surface area contributed by atoms with E-state index in [1.54, 1.807) is 4.90 Å². The van der Waals surface area contributed by atoms with Crippen LogP contribution in [0.1, 0.15) is 18.4 Å². The number of likely N-dealkylation sites (N-methyl/N-ethyl adjacent to an activating group) is 1. The van der Waals surface area contributed by atoms with Crippen LogP contribution >= 0.6 is 0 Å². The van der Waals surface area contributed by atoms with Crippen molar-refractivity contribution in [2.45, 2.75) is 18.3 Å². The van der Waals surface area contributed by atoms with E-state index in [2.05, 4.69) is 0 Å². The first-order valence-corrected chi connectivity index (χ1v) is 4.83. The van der Waals surface area contributed by atoms with E-state index in [9.17, 15) is 4.79 Å². The van der Waals surface area contributed by atoms with Crippen LogP contribution in [0.3, 0.4) is 0 Å². The molecular weight excluding hydrogens is 176 g/mol. The molecule has 1 amide bonds. The summed E-state index contributed by atoms with van der Waals surface area (Å²) in [5.74, 6) is 0.234. The number of anilines is 2. The molecule has 72 valence electrons. The predicted octanol–water partition coefficient (Wildman–Crippen LogP) is 1.28. The molecule has 2 aliphatic rings. The largest absolute Gasteiger partial charge is 0.399 e. The lowest BCUT2D eigenvalue weighted by Gasteiger charge is -2.09. The number of carbonyl (C=O) groups is 1. The van der Waals surface area contributed by atoms with E-state index < -0.39 is 0 Å². The number of rotatable bonds is 0. The third-order valence-corrected chi connectivity index (χ3v) is 3.36. The number of carbonyl (C=O) groups excluding carboxylic acids is 1. The molecule has 1 heterocycles. The molecule has 1 aliphatic heterocycles. The summed E-state index contributed by atoms with van der Waals surface area (Å²) < 4.78 is 0. The maximum atomic E-state index is 11.9. The molecule has 1 fully saturated rings. The first-order chi connectivity index (χ1) is 6.65. The van der Waals surface area contributed by atoms with Gasteiger partial charge in [0, 0.05) is 18.4 Å². The molecule has 0 saturated heterocycles. The van der Waals surface area contributed by atoms with Gasteiger partial charge in [0.2, 0.25) is 5.91 Å². The topological polar surface area (TPSA) is 46.3 Å². The quantitative estimate of drug-likeness (QED) is 0.623. The van der Waals surface area contributed by atoms with E-state index in [-0.39, 0.29) is 11.3 Å². The molecule has 1 aromatic carbocycles. The highest BCUT2D eigenvalue weighted by Gasteiger charge is 2.58. The van der Waals surface area contributed by atoms with Crippen LogP contribution < -0.4 is 10.6 Å². The van der Waals surface area contributed by atoms with E-state index in [4.69, 9.17) is 5.73 Å². The minimum Gasteiger partial charge on any atom is -0.399 e. The number of hydrogen-bond donors (Lipinski definition) is 1. The lowest BCUT2D eigenvalue weighted by molar-refractivity contribution is -0.119. The number of amides is 1. The van der Waals surface area contributed by atoms with Crippen molar-refractivity contribution in [1.29, 1.82) is 0 Å². The molecule has 3 nitrogen and oxygen atoms in total. The Kier molecular flexibility index (Phi) is 1.18. The van der Waals surface area contributed by atoms with E-state index in [1.807, 2.05) is 25.2 Å². The third-order valence-electron chi connectivity index (χ3n) is 3.36. The molecule has 3 rings (SSSR count). The van der Waals surface area contributed by atoms with Crippen molar-refractivity contribution in [2.24, 2.45) is 0 Å². The lowest BCUT2D eigenvalue weighted by Crippen LogP contribution is -2.27. The fourth-order valence-corrected chi connectivity index (χ4v) is 2.38. The van der Waals surface area contributed by atoms with Crippen molar-refractivity contribution in [2.75, 3.05) is 17.7 Å². The van der Waals surface area contributed by atoms with Gasteiger partial charge in [0.1, 0.15) is 0 Å². The number of fused-ring (bicyclic) bond motifs is 2. The number of benzene rings is 1. The minimum atomic E-state index is -0.195. The molecule has 0 unspecified atom stereocenters. The first-order valence-electron chi connectivity index (χ1n) is 4.83. The molecule has 2 N–H and O–H groups in total. The van der Waals surface area contributed by atoms with Gasteiger partial charge >= 0.3 is 0 Å². The summed E-state index contributed by atoms with van der Waals surface area (Å²) in [6, 6.07) is 5.74. The smallest absolute Gasteiger partial charge is 0.237 e. The Bertz CT molecular complexity index is 435. The third kappa shape index (κ3) is 0.710. The van der Waals surface area contributed by atoms with Crippen LogP contribution in [0.15, 0.2) is 18.2 Å². The zero-order valence-electron chi connectivity index (χ0n) is 8.08. The van der Waals surface area contributed by atoms with Crippen LogP contribution in [0.5, 0.6) is 0 Å². The summed E-state index contributed by atoms with van der Waals surface area (Å²) >= 11 is 0. The predicted molar refractivity (Wildman–Crippen MR) is 55.2 cm³/mol. The van der Waals surface area contributed by atoms with Gasteiger partial charge in [0.05, 0.1) is 5.41 Å². The summed E-state index contributed by atoms with van der Waals surface area (Å²) in [6.07, 6.45) is 1.96. The van der Waals surface area contributed by atoms with E-state index in [0.717, 1.165) is 29.8 Å². The van der Waals surface area contributed by atoms with Crippen LogP contribution in [0.25, 0.3) is 0 Å². The highest BCUT2D eigenvalue weighted by Crippen LogP contribution is 2.57. The van der Waals surface area contributed by atoms with E-state index >= 15 is 0 Å². The minimum absolute atomic E-state index is 0.195. The van der Waals surface area contributed by atoms with Crippen LogP contribution in [-0.2, 0) is 10.2 Å². The highest BCUT2D eigenvalue weighted by molar-refractivity contribution is 6.10. The van der Waals surface area contributed by atoms with Crippen molar-refractivity contribution >= 4 is 17.3 Å². The maximum absolute atomic E-state index is 11.9. The Balaban J connectivity index is 2.27. The molecule has 0 bridgehead atoms. The van der Waals surface area contributed by atoms with Crippen LogP contribution in [0, 0.1) is 0 Å². The van der Waals surface area contributed by atoms with Crippen molar-refractivity contribution < 1.29 is 4.79 Å². The van der Waals surface area contributed by atoms with E-state index in [1.165, 1.54) is 0 Å². The molecule has 1 spiro atoms. The van der Waals surface area contributed by atoms with Crippen LogP contribution in [0.2, 0.25) is 0 Å². The van der Waals surface area contributed by atoms with Gasteiger partial charge in [-0.15, -0.1) is 0 Å². The average Bonchev–Trinajstić information content (AvgIpc) is 2.93. The van der Waals surface area contributed by atoms with Crippen LogP contribution in [0.4, 0.5) is 11.4 Å². The van der Waals surface area contributed by atoms with Crippen molar-refractivity contribution in [3.8, 4) is 0 Å². The molecule has 1 aliphatic carbocycles. The highest BCUT2D eigenvalue weighted by atomic mass is 16.2. The summed E-state index contributed by atoms with van der Waals surface area (Å²) in [5.41, 5.74) is 8.45. The fraction of sp³-hybridized carbons (Fsp3) is 0.364. The molecule has 14 heavy (non-hydrogen) atoms. The molecule has 0 radical (unpaired) electrons. The number of nitrogens with zero attached hydrogens (tertiary/aromatic N) is 1. The molecule has 0 aromatic heterocycles. The molecule has 3 heteroatoms. The van der Waals surface area contributed by atoms with Crippen LogP contribution in [-0.4, -0.2) is 13.0 Å². The van der Waals surface area contributed by atoms with Gasteiger partial charge in [0.15, 0.2) is 0 Å². The number of hydrogen-bond acceptors (Lipinski definition) is 2. The monoisotopic (exact) mass is 188 g/mol. The summed E-state index contributed by atoms with van der Waals surface area (Å²) in [4.78, 5) is 13.7. The number of nitrogen functional groups attached to an aromatic ring is 1. The van der Waals surface area contributed by atoms with Crippen molar-refractivity contribution in [3.63, 3.8) is 0 Å². The van der Waals surface area contributed by atoms with Gasteiger partial charge in [-0.2, -0.15) is 0 Å². The summed E-state index contributed by atoms with van der Waals surface area (Å²) in [5, 5.41) is 0. The average molecular weight is 188 g/mol. The SMILES string of the molecule is CN1C(=O)C2(CC2)c2cc(N)ccc21. The maximum Gasteiger partial charge on any atom is 0.237 e. The second kappa shape index (κ2) is 2.11. The Morgan fingerprint density at radius 3 is 2.79 bits per heavy atom. The molecule has 0 atom stereocenters. The summed E-state index contributed by atoms with van der Waals surface area (Å²) in [7, 11) is 1.84. The van der Waals surface area contributed by atoms with Gasteiger partial charge in [-0.1, -0.05) is 0 Å². The van der Waals surface area contributed by atoms with Gasteiger partial charge in [-0.3, -0.25) is 4.79 Å². The first kappa shape index (κ1) is 7.85. The van der Waals surface area contributed by atoms with Gasteiger partial charge in [-0.25, -0.2) is 0 Å². The zero-order valence-corrected chi connectivity index (χ0v) is 8.08. The van der Waals surface area contributed by atoms with Gasteiger partial charge < -0.3 is 10.6 Å². The Morgan fingerprint density at radius 1 is 1.43 bits per heavy atom. The van der Waals surface area contributed by atoms with Gasteiger partial charge in [-0.05, 0) is 36.6 Å². The van der Waals surface area contributed by atoms with Crippen molar-refractivity contribution in [1.82, 2.24) is 0 Å². The van der Waals surface area contributed by atoms with Gasteiger partial charge in [0.25, 0.3) is 0 Å². The second-order valence-corrected chi connectivity index (χ2v) is 4.22. The molecule has 1 saturated carbocycles. The Morgan fingerprint density at radius 2 is 2.14 bits per heavy atom. The second-order valence-electron chi connectivity index (χ2n) is 4.22. The normalized spacial score (nSPS) is 21.5. The Hall–Kier alpha value is -1.51. The number of nitrogens with two attached hydrogens (primary N) is 1. The van der Waals surface area contributed by atoms with Crippen molar-refractivity contribution in [3.05, 3.63) is 23.8 Å². The standard InChI is InChI=1S/C11H12N2O/c1-13-9-3-2-7(12)6-8(9)11(4-5-11)10(13)14/h2-3,6H,4-5,12H2,1H3. The zero-order chi connectivity index (χ0) is 9.92. The Labute approximate surface area is 82.5 Å². The summed E-state index contributed by atoms with van der Waals surface area (Å²) in [6.45, 7) is 0. The fourth-order valence-electron chi connectivity index (χ4n) is 2.38.